The molecule has 34 heavy (non-hydrogen) atoms. The Kier molecular flexibility index (Phi) is 6.56. The Morgan fingerprint density at radius 1 is 0.588 bits per heavy atom. The maximum absolute atomic E-state index is 8.34. The second kappa shape index (κ2) is 10.2. The number of aromatic amines is 1. The van der Waals surface area contributed by atoms with Crippen LogP contribution in [0, 0.1) is 5.41 Å². The van der Waals surface area contributed by atoms with Crippen LogP contribution in [-0.4, -0.2) is 10.8 Å². The normalized spacial score (nSPS) is 11.5. The largest absolute Gasteiger partial charge is 0.347 e. The Bertz CT molecular complexity index is 1400. The van der Waals surface area contributed by atoms with Crippen LogP contribution in [0.1, 0.15) is 5.56 Å². The van der Waals surface area contributed by atoms with Crippen molar-refractivity contribution in [3.8, 4) is 11.1 Å². The molecule has 5 rings (SSSR count). The molecule has 0 unspecified atom stereocenters. The quantitative estimate of drug-likeness (QED) is 0.203. The van der Waals surface area contributed by atoms with Gasteiger partial charge in [-0.1, -0.05) is 109 Å². The fraction of sp³-hybridized carbons (Fsp3) is 0. The summed E-state index contributed by atoms with van der Waals surface area (Å²) in [5.41, 5.74) is 3.75. The van der Waals surface area contributed by atoms with Gasteiger partial charge in [0, 0.05) is 11.8 Å². The number of nitrogens with zero attached hydrogens (tertiary/aromatic N) is 1. The van der Waals surface area contributed by atoms with Crippen LogP contribution in [0.15, 0.2) is 139 Å². The maximum atomic E-state index is 8.34. The van der Waals surface area contributed by atoms with Crippen molar-refractivity contribution in [3.63, 3.8) is 0 Å². The molecule has 0 aliphatic carbocycles. The highest BCUT2D eigenvalue weighted by Crippen LogP contribution is 2.34. The summed E-state index contributed by atoms with van der Waals surface area (Å²) in [4.78, 5) is 7.41. The molecule has 5 aromatic rings. The molecule has 0 radical (unpaired) electrons. The second-order valence-corrected chi connectivity index (χ2v) is 10.1. The summed E-state index contributed by atoms with van der Waals surface area (Å²) in [6.07, 6.45) is 1.81. The third-order valence-corrected chi connectivity index (χ3v) is 7.97. The molecule has 0 saturated heterocycles. The fourth-order valence-electron chi connectivity index (χ4n) is 3.88. The van der Waals surface area contributed by atoms with Crippen LogP contribution in [0.5, 0.6) is 0 Å². The zero-order chi connectivity index (χ0) is 23.2. The number of benzene rings is 4. The molecule has 2 N–H and O–H groups in total. The highest BCUT2D eigenvalue weighted by molar-refractivity contribution is 7.79. The SMILES string of the molecule is N=C(/N=c1/cccc[nH]1)c1ccc(-c2cccc(P(c3ccccc3)c3ccccc3)c2)cc1. The number of hydrogen-bond donors (Lipinski definition) is 2. The van der Waals surface area contributed by atoms with Crippen LogP contribution in [0.2, 0.25) is 0 Å². The molecule has 0 bridgehead atoms. The first-order valence-corrected chi connectivity index (χ1v) is 12.5. The van der Waals surface area contributed by atoms with Gasteiger partial charge in [0.2, 0.25) is 0 Å². The van der Waals surface area contributed by atoms with Crippen molar-refractivity contribution in [1.82, 2.24) is 4.98 Å². The number of nitrogens with one attached hydrogen (secondary N) is 2. The topological polar surface area (TPSA) is 52.0 Å². The first kappa shape index (κ1) is 21.8. The zero-order valence-corrected chi connectivity index (χ0v) is 19.5. The van der Waals surface area contributed by atoms with Gasteiger partial charge in [-0.05, 0) is 53.2 Å². The van der Waals surface area contributed by atoms with E-state index in [0.717, 1.165) is 11.1 Å². The zero-order valence-electron chi connectivity index (χ0n) is 18.6. The van der Waals surface area contributed by atoms with E-state index >= 15 is 0 Å². The summed E-state index contributed by atoms with van der Waals surface area (Å²) in [5.74, 6) is 0.236. The molecule has 4 heteroatoms. The van der Waals surface area contributed by atoms with Gasteiger partial charge in [-0.25, -0.2) is 4.99 Å². The first-order valence-electron chi connectivity index (χ1n) is 11.2. The number of H-pyrrole nitrogens is 1. The Morgan fingerprint density at radius 3 is 1.82 bits per heavy atom. The summed E-state index contributed by atoms with van der Waals surface area (Å²) in [7, 11) is -0.650. The van der Waals surface area contributed by atoms with Crippen LogP contribution >= 0.6 is 7.92 Å². The van der Waals surface area contributed by atoms with E-state index in [2.05, 4.69) is 107 Å². The Hall–Kier alpha value is -4.07. The summed E-state index contributed by atoms with van der Waals surface area (Å²) >= 11 is 0. The minimum atomic E-state index is -0.650. The number of pyridine rings is 1. The van der Waals surface area contributed by atoms with Crippen molar-refractivity contribution in [3.05, 3.63) is 145 Å². The van der Waals surface area contributed by atoms with E-state index in [1.165, 1.54) is 21.5 Å². The van der Waals surface area contributed by atoms with Crippen LogP contribution in [0.25, 0.3) is 11.1 Å². The highest BCUT2D eigenvalue weighted by atomic mass is 31.1. The lowest BCUT2D eigenvalue weighted by Gasteiger charge is -2.20. The van der Waals surface area contributed by atoms with Crippen molar-refractivity contribution < 1.29 is 0 Å². The van der Waals surface area contributed by atoms with Gasteiger partial charge in [0.05, 0.1) is 0 Å². The van der Waals surface area contributed by atoms with Gasteiger partial charge in [-0.15, -0.1) is 0 Å². The third kappa shape index (κ3) is 4.96. The number of amidine groups is 1. The van der Waals surface area contributed by atoms with Crippen LogP contribution in [-0.2, 0) is 0 Å². The minimum absolute atomic E-state index is 0.236. The predicted octanol–water partition coefficient (Wildman–Crippen LogP) is 5.37. The molecule has 1 aromatic heterocycles. The summed E-state index contributed by atoms with van der Waals surface area (Å²) in [5, 5.41) is 12.3. The van der Waals surface area contributed by atoms with E-state index in [1.54, 1.807) is 0 Å². The summed E-state index contributed by atoms with van der Waals surface area (Å²) in [6.45, 7) is 0. The third-order valence-electron chi connectivity index (χ3n) is 5.55. The number of hydrogen-bond acceptors (Lipinski definition) is 1. The molecular weight excluding hydrogens is 433 g/mol. The van der Waals surface area contributed by atoms with Crippen molar-refractivity contribution in [2.45, 2.75) is 0 Å². The van der Waals surface area contributed by atoms with Gasteiger partial charge < -0.3 is 4.98 Å². The van der Waals surface area contributed by atoms with Crippen molar-refractivity contribution in [2.24, 2.45) is 4.99 Å². The molecule has 0 amide bonds. The number of aromatic nitrogens is 1. The maximum Gasteiger partial charge on any atom is 0.154 e. The summed E-state index contributed by atoms with van der Waals surface area (Å²) in [6, 6.07) is 44.0. The molecule has 4 aromatic carbocycles. The second-order valence-electron chi connectivity index (χ2n) is 7.84. The molecule has 0 aliphatic heterocycles. The smallest absolute Gasteiger partial charge is 0.154 e. The van der Waals surface area contributed by atoms with Gasteiger partial charge >= 0.3 is 0 Å². The van der Waals surface area contributed by atoms with E-state index in [4.69, 9.17) is 5.41 Å². The van der Waals surface area contributed by atoms with Crippen molar-refractivity contribution >= 4 is 29.7 Å². The molecular formula is C30H24N3P. The monoisotopic (exact) mass is 457 g/mol. The predicted molar refractivity (Wildman–Crippen MR) is 144 cm³/mol. The van der Waals surface area contributed by atoms with E-state index in [9.17, 15) is 0 Å². The molecule has 3 nitrogen and oxygen atoms in total. The van der Waals surface area contributed by atoms with Crippen LogP contribution in [0.4, 0.5) is 0 Å². The lowest BCUT2D eigenvalue weighted by molar-refractivity contribution is 1.15. The van der Waals surface area contributed by atoms with Gasteiger partial charge in [0.15, 0.2) is 5.84 Å². The molecule has 0 saturated carbocycles. The Morgan fingerprint density at radius 2 is 1.21 bits per heavy atom. The minimum Gasteiger partial charge on any atom is -0.347 e. The van der Waals surface area contributed by atoms with Gasteiger partial charge in [-0.2, -0.15) is 0 Å². The number of rotatable bonds is 5. The molecule has 0 atom stereocenters. The van der Waals surface area contributed by atoms with E-state index in [-0.39, 0.29) is 5.84 Å². The van der Waals surface area contributed by atoms with E-state index in [0.29, 0.717) is 5.49 Å². The Balaban J connectivity index is 1.47. The molecule has 0 spiro atoms. The molecule has 0 fully saturated rings. The fourth-order valence-corrected chi connectivity index (χ4v) is 6.22. The van der Waals surface area contributed by atoms with E-state index < -0.39 is 7.92 Å². The average molecular weight is 458 g/mol. The lowest BCUT2D eigenvalue weighted by Crippen LogP contribution is -2.20. The standard InChI is InChI=1S/C30H24N3P/c31-30(33-29-16-7-8-21-32-29)24-19-17-23(18-20-24)25-10-9-15-28(22-25)34(26-11-3-1-4-12-26)27-13-5-2-6-14-27/h1-22H,(H2,31,32,33). The van der Waals surface area contributed by atoms with Gasteiger partial charge in [-0.3, -0.25) is 5.41 Å². The van der Waals surface area contributed by atoms with Crippen LogP contribution in [0.3, 0.4) is 0 Å². The van der Waals surface area contributed by atoms with Crippen molar-refractivity contribution in [2.75, 3.05) is 0 Å². The first-order chi connectivity index (χ1) is 16.8. The Labute approximate surface area is 200 Å². The molecule has 164 valence electrons. The highest BCUT2D eigenvalue weighted by Gasteiger charge is 2.16. The van der Waals surface area contributed by atoms with Crippen molar-refractivity contribution in [1.29, 1.82) is 5.41 Å². The lowest BCUT2D eigenvalue weighted by atomic mass is 10.0. The average Bonchev–Trinajstić information content (AvgIpc) is 2.91. The van der Waals surface area contributed by atoms with E-state index in [1.807, 2.05) is 36.5 Å². The summed E-state index contributed by atoms with van der Waals surface area (Å²) < 4.78 is 0. The van der Waals surface area contributed by atoms with Crippen LogP contribution < -0.4 is 21.4 Å². The van der Waals surface area contributed by atoms with Gasteiger partial charge in [0.25, 0.3) is 0 Å². The van der Waals surface area contributed by atoms with Gasteiger partial charge in [0.1, 0.15) is 5.49 Å². The molecule has 0 aliphatic rings. The molecule has 1 heterocycles.